The molecule has 1 unspecified atom stereocenters. The van der Waals surface area contributed by atoms with Crippen LogP contribution in [0.1, 0.15) is 51.5 Å². The van der Waals surface area contributed by atoms with Gasteiger partial charge in [-0.3, -0.25) is 14.4 Å². The number of nitrogens with zero attached hydrogens (tertiary/aromatic N) is 3. The maximum Gasteiger partial charge on any atom is 0.251 e. The summed E-state index contributed by atoms with van der Waals surface area (Å²) in [4.78, 5) is 40.9. The fourth-order valence-corrected chi connectivity index (χ4v) is 3.65. The molecule has 0 spiro atoms. The molecule has 1 fully saturated rings. The maximum absolute atomic E-state index is 12.7. The van der Waals surface area contributed by atoms with Crippen LogP contribution in [0.4, 0.5) is 0 Å². The highest BCUT2D eigenvalue weighted by Crippen LogP contribution is 2.19. The van der Waals surface area contributed by atoms with Crippen molar-refractivity contribution in [3.63, 3.8) is 0 Å². The second-order valence-electron chi connectivity index (χ2n) is 7.70. The smallest absolute Gasteiger partial charge is 0.251 e. The monoisotopic (exact) mass is 375 g/mol. The van der Waals surface area contributed by atoms with Gasteiger partial charge in [0.15, 0.2) is 0 Å². The molecule has 0 aliphatic carbocycles. The van der Waals surface area contributed by atoms with Crippen molar-refractivity contribution in [1.82, 2.24) is 14.4 Å². The van der Waals surface area contributed by atoms with E-state index in [1.165, 1.54) is 10.6 Å². The van der Waals surface area contributed by atoms with Crippen molar-refractivity contribution in [2.75, 3.05) is 20.1 Å². The van der Waals surface area contributed by atoms with Gasteiger partial charge in [-0.25, -0.2) is 0 Å². The van der Waals surface area contributed by atoms with E-state index in [4.69, 9.17) is 0 Å². The lowest BCUT2D eigenvalue weighted by Crippen LogP contribution is -2.51. The number of hydrogen-bond donors (Lipinski definition) is 0. The van der Waals surface area contributed by atoms with Crippen molar-refractivity contribution >= 4 is 11.8 Å². The molecule has 1 aliphatic rings. The van der Waals surface area contributed by atoms with Gasteiger partial charge < -0.3 is 14.4 Å². The third-order valence-corrected chi connectivity index (χ3v) is 5.77. The van der Waals surface area contributed by atoms with Crippen LogP contribution in [0.3, 0.4) is 0 Å². The van der Waals surface area contributed by atoms with Crippen molar-refractivity contribution in [3.05, 3.63) is 34.2 Å². The first-order chi connectivity index (χ1) is 12.8. The molecule has 2 rings (SSSR count). The molecular formula is C21H33N3O3. The Morgan fingerprint density at radius 3 is 2.63 bits per heavy atom. The molecule has 0 radical (unpaired) electrons. The number of aromatic nitrogens is 1. The van der Waals surface area contributed by atoms with E-state index in [1.807, 2.05) is 17.9 Å². The van der Waals surface area contributed by atoms with Gasteiger partial charge in [0.1, 0.15) is 6.54 Å². The summed E-state index contributed by atoms with van der Waals surface area (Å²) in [7, 11) is 1.78. The molecule has 1 atom stereocenters. The predicted molar refractivity (Wildman–Crippen MR) is 107 cm³/mol. The Bertz CT molecular complexity index is 709. The molecule has 1 aliphatic heterocycles. The highest BCUT2D eigenvalue weighted by molar-refractivity contribution is 5.78. The Labute approximate surface area is 162 Å². The first-order valence-electron chi connectivity index (χ1n) is 10.1. The summed E-state index contributed by atoms with van der Waals surface area (Å²) in [6, 6.07) is 3.37. The Hall–Kier alpha value is -2.11. The summed E-state index contributed by atoms with van der Waals surface area (Å²) in [5, 5.41) is 0. The molecule has 1 aromatic heterocycles. The average molecular weight is 376 g/mol. The topological polar surface area (TPSA) is 62.6 Å². The van der Waals surface area contributed by atoms with Crippen molar-refractivity contribution < 1.29 is 9.59 Å². The van der Waals surface area contributed by atoms with Crippen LogP contribution < -0.4 is 5.56 Å². The third-order valence-electron chi connectivity index (χ3n) is 5.77. The lowest BCUT2D eigenvalue weighted by Gasteiger charge is -2.38. The molecule has 2 heterocycles. The van der Waals surface area contributed by atoms with Crippen LogP contribution in [0.2, 0.25) is 0 Å². The number of rotatable bonds is 7. The summed E-state index contributed by atoms with van der Waals surface area (Å²) in [5.74, 6) is 0.537. The average Bonchev–Trinajstić information content (AvgIpc) is 2.67. The highest BCUT2D eigenvalue weighted by atomic mass is 16.2. The van der Waals surface area contributed by atoms with E-state index in [1.54, 1.807) is 18.1 Å². The number of hydrogen-bond acceptors (Lipinski definition) is 3. The minimum Gasteiger partial charge on any atom is -0.341 e. The van der Waals surface area contributed by atoms with E-state index in [9.17, 15) is 14.4 Å². The maximum atomic E-state index is 12.7. The van der Waals surface area contributed by atoms with E-state index in [0.717, 1.165) is 37.8 Å². The molecular weight excluding hydrogens is 342 g/mol. The van der Waals surface area contributed by atoms with Crippen LogP contribution in [-0.2, 0) is 16.1 Å². The second kappa shape index (κ2) is 9.72. The number of likely N-dealkylation sites (tertiary alicyclic amines) is 1. The van der Waals surface area contributed by atoms with Crippen LogP contribution in [0, 0.1) is 12.8 Å². The molecule has 6 heteroatoms. The summed E-state index contributed by atoms with van der Waals surface area (Å²) in [5.41, 5.74) is 0.721. The standard InChI is InChI=1S/C21H33N3O3/c1-5-17(6-2)13-20(26)23-10-7-8-18(14-23)22(4)21(27)15-24-11-9-16(3)12-19(24)25/h9,11-12,17-18H,5-8,10,13-15H2,1-4H3. The zero-order chi connectivity index (χ0) is 20.0. The summed E-state index contributed by atoms with van der Waals surface area (Å²) in [6.45, 7) is 7.50. The summed E-state index contributed by atoms with van der Waals surface area (Å²) >= 11 is 0. The normalized spacial score (nSPS) is 17.2. The fourth-order valence-electron chi connectivity index (χ4n) is 3.65. The van der Waals surface area contributed by atoms with E-state index in [2.05, 4.69) is 13.8 Å². The van der Waals surface area contributed by atoms with Crippen LogP contribution >= 0.6 is 0 Å². The second-order valence-corrected chi connectivity index (χ2v) is 7.70. The number of carbonyl (C=O) groups is 2. The summed E-state index contributed by atoms with van der Waals surface area (Å²) < 4.78 is 1.44. The molecule has 2 amide bonds. The number of piperidine rings is 1. The van der Waals surface area contributed by atoms with Gasteiger partial charge in [0, 0.05) is 44.9 Å². The lowest BCUT2D eigenvalue weighted by molar-refractivity contribution is -0.139. The SMILES string of the molecule is CCC(CC)CC(=O)N1CCCC(N(C)C(=O)Cn2ccc(C)cc2=O)C1. The van der Waals surface area contributed by atoms with Gasteiger partial charge >= 0.3 is 0 Å². The quantitative estimate of drug-likeness (QED) is 0.735. The summed E-state index contributed by atoms with van der Waals surface area (Å²) in [6.07, 6.45) is 6.08. The molecule has 1 aromatic rings. The minimum absolute atomic E-state index is 0.0121. The Morgan fingerprint density at radius 2 is 2.00 bits per heavy atom. The fraction of sp³-hybridized carbons (Fsp3) is 0.667. The largest absolute Gasteiger partial charge is 0.341 e. The van der Waals surface area contributed by atoms with Gasteiger partial charge in [-0.05, 0) is 37.3 Å². The van der Waals surface area contributed by atoms with Crippen LogP contribution in [0.25, 0.3) is 0 Å². The van der Waals surface area contributed by atoms with Crippen molar-refractivity contribution in [2.45, 2.75) is 65.5 Å². The number of amides is 2. The van der Waals surface area contributed by atoms with Crippen LogP contribution in [-0.4, -0.2) is 52.4 Å². The van der Waals surface area contributed by atoms with Gasteiger partial charge in [-0.1, -0.05) is 26.7 Å². The van der Waals surface area contributed by atoms with E-state index < -0.39 is 0 Å². The van der Waals surface area contributed by atoms with Gasteiger partial charge in [-0.15, -0.1) is 0 Å². The zero-order valence-electron chi connectivity index (χ0n) is 17.1. The lowest BCUT2D eigenvalue weighted by atomic mass is 9.97. The Morgan fingerprint density at radius 1 is 1.30 bits per heavy atom. The molecule has 0 bridgehead atoms. The van der Waals surface area contributed by atoms with Gasteiger partial charge in [0.2, 0.25) is 11.8 Å². The molecule has 27 heavy (non-hydrogen) atoms. The molecule has 0 aromatic carbocycles. The van der Waals surface area contributed by atoms with E-state index >= 15 is 0 Å². The van der Waals surface area contributed by atoms with Crippen LogP contribution in [0.15, 0.2) is 23.1 Å². The Kier molecular flexibility index (Phi) is 7.63. The van der Waals surface area contributed by atoms with Crippen LogP contribution in [0.5, 0.6) is 0 Å². The zero-order valence-corrected chi connectivity index (χ0v) is 17.1. The third kappa shape index (κ3) is 5.68. The minimum atomic E-state index is -0.164. The predicted octanol–water partition coefficient (Wildman–Crippen LogP) is 2.43. The number of pyridine rings is 1. The number of aryl methyl sites for hydroxylation is 1. The molecule has 6 nitrogen and oxygen atoms in total. The van der Waals surface area contributed by atoms with Gasteiger partial charge in [-0.2, -0.15) is 0 Å². The first-order valence-corrected chi connectivity index (χ1v) is 10.1. The van der Waals surface area contributed by atoms with E-state index in [-0.39, 0.29) is 30.0 Å². The van der Waals surface area contributed by atoms with Gasteiger partial charge in [0.25, 0.3) is 5.56 Å². The molecule has 0 saturated carbocycles. The first kappa shape index (κ1) is 21.2. The number of likely N-dealkylation sites (N-methyl/N-ethyl adjacent to an activating group) is 1. The molecule has 0 N–H and O–H groups in total. The number of carbonyl (C=O) groups excluding carboxylic acids is 2. The van der Waals surface area contributed by atoms with Crippen molar-refractivity contribution in [1.29, 1.82) is 0 Å². The van der Waals surface area contributed by atoms with E-state index in [0.29, 0.717) is 18.9 Å². The van der Waals surface area contributed by atoms with Crippen molar-refractivity contribution in [2.24, 2.45) is 5.92 Å². The molecule has 1 saturated heterocycles. The Balaban J connectivity index is 1.96. The van der Waals surface area contributed by atoms with Gasteiger partial charge in [0.05, 0.1) is 0 Å². The van der Waals surface area contributed by atoms with Crippen molar-refractivity contribution in [3.8, 4) is 0 Å². The highest BCUT2D eigenvalue weighted by Gasteiger charge is 2.29. The molecule has 150 valence electrons.